The fraction of sp³-hybridized carbons (Fsp3) is 0.370. The van der Waals surface area contributed by atoms with Crippen molar-refractivity contribution in [1.82, 2.24) is 30.0 Å². The normalized spacial score (nSPS) is 13.9. The van der Waals surface area contributed by atoms with Crippen LogP contribution >= 0.6 is 0 Å². The molecule has 0 radical (unpaired) electrons. The van der Waals surface area contributed by atoms with Crippen LogP contribution < -0.4 is 10.5 Å². The number of pyridine rings is 3. The van der Waals surface area contributed by atoms with Gasteiger partial charge in [-0.1, -0.05) is 0 Å². The van der Waals surface area contributed by atoms with Gasteiger partial charge in [-0.25, -0.2) is 9.97 Å². The van der Waals surface area contributed by atoms with E-state index in [4.69, 9.17) is 9.72 Å². The Morgan fingerprint density at radius 3 is 2.70 bits per heavy atom. The van der Waals surface area contributed by atoms with E-state index in [-0.39, 0.29) is 24.1 Å². The molecule has 10 nitrogen and oxygen atoms in total. The van der Waals surface area contributed by atoms with Gasteiger partial charge in [-0.3, -0.25) is 14.7 Å². The van der Waals surface area contributed by atoms with Gasteiger partial charge in [-0.15, -0.1) is 0 Å². The molecule has 1 saturated heterocycles. The van der Waals surface area contributed by atoms with Gasteiger partial charge < -0.3 is 19.5 Å². The zero-order valence-electron chi connectivity index (χ0n) is 21.5. The number of fused-ring (bicyclic) bond motifs is 1. The molecule has 37 heavy (non-hydrogen) atoms. The Balaban J connectivity index is 1.54. The Kier molecular flexibility index (Phi) is 6.75. The number of H-pyrrole nitrogens is 2. The van der Waals surface area contributed by atoms with Crippen molar-refractivity contribution in [2.75, 3.05) is 31.2 Å². The van der Waals surface area contributed by atoms with Crippen molar-refractivity contribution in [2.45, 2.75) is 40.3 Å². The number of morpholine rings is 1. The Morgan fingerprint density at radius 1 is 1.19 bits per heavy atom. The molecule has 0 aromatic carbocycles. The first-order chi connectivity index (χ1) is 17.8. The number of nitrogens with zero attached hydrogens (tertiary/aromatic N) is 5. The molecule has 0 aliphatic carbocycles. The van der Waals surface area contributed by atoms with Gasteiger partial charge in [0.05, 0.1) is 42.6 Å². The predicted molar refractivity (Wildman–Crippen MR) is 142 cm³/mol. The van der Waals surface area contributed by atoms with Crippen molar-refractivity contribution < 1.29 is 9.53 Å². The van der Waals surface area contributed by atoms with Gasteiger partial charge in [-0.2, -0.15) is 5.10 Å². The smallest absolute Gasteiger partial charge is 0.255 e. The van der Waals surface area contributed by atoms with Crippen LogP contribution in [0.1, 0.15) is 41.0 Å². The van der Waals surface area contributed by atoms with Crippen molar-refractivity contribution in [3.63, 3.8) is 0 Å². The average Bonchev–Trinajstić information content (AvgIpc) is 3.36. The lowest BCUT2D eigenvalue weighted by atomic mass is 10.0. The van der Waals surface area contributed by atoms with Crippen LogP contribution in [0.4, 0.5) is 5.82 Å². The van der Waals surface area contributed by atoms with Gasteiger partial charge in [0.1, 0.15) is 5.82 Å². The molecular formula is C27H31N7O3. The number of hydrogen-bond acceptors (Lipinski definition) is 7. The average molecular weight is 502 g/mol. The topological polar surface area (TPSA) is 120 Å². The monoisotopic (exact) mass is 501 g/mol. The third kappa shape index (κ3) is 4.97. The van der Waals surface area contributed by atoms with E-state index in [1.807, 2.05) is 45.9 Å². The summed E-state index contributed by atoms with van der Waals surface area (Å²) in [6.45, 7) is 10.7. The number of aromatic amines is 2. The number of hydrogen-bond donors (Lipinski definition) is 2. The van der Waals surface area contributed by atoms with Crippen LogP contribution in [-0.4, -0.2) is 68.3 Å². The fourth-order valence-corrected chi connectivity index (χ4v) is 4.69. The predicted octanol–water partition coefficient (Wildman–Crippen LogP) is 3.21. The molecule has 0 spiro atoms. The van der Waals surface area contributed by atoms with Crippen molar-refractivity contribution in [3.05, 3.63) is 69.4 Å². The van der Waals surface area contributed by atoms with Gasteiger partial charge >= 0.3 is 0 Å². The van der Waals surface area contributed by atoms with E-state index < -0.39 is 0 Å². The fourth-order valence-electron chi connectivity index (χ4n) is 4.69. The zero-order valence-corrected chi connectivity index (χ0v) is 21.5. The maximum atomic E-state index is 14.0. The quantitative estimate of drug-likeness (QED) is 0.416. The van der Waals surface area contributed by atoms with E-state index in [0.717, 1.165) is 35.7 Å². The van der Waals surface area contributed by atoms with E-state index in [9.17, 15) is 9.59 Å². The second-order valence-corrected chi connectivity index (χ2v) is 9.66. The van der Waals surface area contributed by atoms with Crippen LogP contribution in [0.5, 0.6) is 0 Å². The molecule has 5 rings (SSSR count). The van der Waals surface area contributed by atoms with Crippen molar-refractivity contribution >= 4 is 22.8 Å². The van der Waals surface area contributed by atoms with Crippen LogP contribution in [0, 0.1) is 13.8 Å². The number of carbonyl (C=O) groups is 1. The number of anilines is 1. The molecule has 4 aromatic rings. The lowest BCUT2D eigenvalue weighted by Gasteiger charge is -2.28. The van der Waals surface area contributed by atoms with Gasteiger partial charge in [0.25, 0.3) is 11.5 Å². The van der Waals surface area contributed by atoms with Crippen LogP contribution in [0.15, 0.2) is 41.5 Å². The Hall–Kier alpha value is -4.05. The third-order valence-corrected chi connectivity index (χ3v) is 6.74. The first-order valence-electron chi connectivity index (χ1n) is 12.5. The second kappa shape index (κ2) is 10.1. The molecule has 192 valence electrons. The minimum Gasteiger partial charge on any atom is -0.378 e. The summed E-state index contributed by atoms with van der Waals surface area (Å²) in [6, 6.07) is 7.46. The summed E-state index contributed by atoms with van der Waals surface area (Å²) in [7, 11) is 0. The van der Waals surface area contributed by atoms with Gasteiger partial charge in [-0.05, 0) is 57.5 Å². The highest BCUT2D eigenvalue weighted by atomic mass is 16.5. The molecule has 5 heterocycles. The number of rotatable bonds is 6. The summed E-state index contributed by atoms with van der Waals surface area (Å²) < 4.78 is 5.47. The van der Waals surface area contributed by atoms with E-state index in [2.05, 4.69) is 25.1 Å². The van der Waals surface area contributed by atoms with Crippen LogP contribution in [0.2, 0.25) is 0 Å². The largest absolute Gasteiger partial charge is 0.378 e. The highest BCUT2D eigenvalue weighted by Gasteiger charge is 2.25. The maximum absolute atomic E-state index is 14.0. The molecule has 1 aliphatic heterocycles. The van der Waals surface area contributed by atoms with E-state index in [1.165, 1.54) is 0 Å². The molecule has 10 heteroatoms. The molecule has 4 aromatic heterocycles. The Morgan fingerprint density at radius 2 is 1.97 bits per heavy atom. The van der Waals surface area contributed by atoms with Crippen LogP contribution in [-0.2, 0) is 11.3 Å². The lowest BCUT2D eigenvalue weighted by Crippen LogP contribution is -2.38. The molecule has 1 amide bonds. The number of nitrogens with one attached hydrogen (secondary N) is 2. The molecule has 0 bridgehead atoms. The number of aromatic nitrogens is 5. The van der Waals surface area contributed by atoms with Crippen LogP contribution in [0.3, 0.4) is 0 Å². The molecular weight excluding hydrogens is 470 g/mol. The number of aryl methyl sites for hydroxylation is 2. The number of ether oxygens (including phenoxy) is 1. The summed E-state index contributed by atoms with van der Waals surface area (Å²) in [6.07, 6.45) is 3.38. The van der Waals surface area contributed by atoms with Gasteiger partial charge in [0, 0.05) is 42.1 Å². The van der Waals surface area contributed by atoms with Crippen molar-refractivity contribution in [3.8, 4) is 11.3 Å². The minimum absolute atomic E-state index is 0.139. The highest BCUT2D eigenvalue weighted by molar-refractivity contribution is 6.06. The molecule has 1 fully saturated rings. The van der Waals surface area contributed by atoms with Crippen molar-refractivity contribution in [2.24, 2.45) is 0 Å². The minimum atomic E-state index is -0.188. The van der Waals surface area contributed by atoms with Gasteiger partial charge in [0.2, 0.25) is 0 Å². The van der Waals surface area contributed by atoms with Gasteiger partial charge in [0.15, 0.2) is 5.65 Å². The summed E-state index contributed by atoms with van der Waals surface area (Å²) in [5.41, 5.74) is 4.56. The van der Waals surface area contributed by atoms with E-state index in [0.29, 0.717) is 41.1 Å². The maximum Gasteiger partial charge on any atom is 0.255 e. The second-order valence-electron chi connectivity index (χ2n) is 9.66. The highest BCUT2D eigenvalue weighted by Crippen LogP contribution is 2.28. The molecule has 0 atom stereocenters. The molecule has 0 unspecified atom stereocenters. The van der Waals surface area contributed by atoms with Crippen LogP contribution in [0.25, 0.3) is 22.3 Å². The first kappa shape index (κ1) is 24.6. The van der Waals surface area contributed by atoms with E-state index >= 15 is 0 Å². The molecule has 1 aliphatic rings. The number of amides is 1. The Bertz CT molecular complexity index is 1500. The lowest BCUT2D eigenvalue weighted by molar-refractivity contribution is 0.0691. The van der Waals surface area contributed by atoms with E-state index in [1.54, 1.807) is 23.4 Å². The SMILES string of the molecule is Cc1cc(C)c(CN(C(=O)c2cc(-c3ccnc(N4CCOCC4)c3)nc3[nH]ncc23)C(C)C)c(=O)[nH]1. The summed E-state index contributed by atoms with van der Waals surface area (Å²) >= 11 is 0. The zero-order chi connectivity index (χ0) is 26.1. The first-order valence-corrected chi connectivity index (χ1v) is 12.5. The summed E-state index contributed by atoms with van der Waals surface area (Å²) in [4.78, 5) is 42.7. The number of carbonyl (C=O) groups excluding carboxylic acids is 1. The van der Waals surface area contributed by atoms with Crippen molar-refractivity contribution in [1.29, 1.82) is 0 Å². The molecule has 0 saturated carbocycles. The molecule has 2 N–H and O–H groups in total. The summed E-state index contributed by atoms with van der Waals surface area (Å²) in [5, 5.41) is 7.70. The third-order valence-electron chi connectivity index (χ3n) is 6.74. The standard InChI is InChI=1S/C27H31N7O3/c1-16(2)34(15-22-17(3)11-18(4)30-26(22)35)27(36)20-13-23(31-25-21(20)14-29-32-25)19-5-6-28-24(12-19)33-7-9-37-10-8-33/h5-6,11-14,16H,7-10,15H2,1-4H3,(H,30,35)(H,29,31,32). The summed E-state index contributed by atoms with van der Waals surface area (Å²) in [5.74, 6) is 0.657. The Labute approximate surface area is 214 Å².